The van der Waals surface area contributed by atoms with E-state index < -0.39 is 0 Å². The normalized spacial score (nSPS) is 11.8. The molecule has 0 aliphatic rings. The van der Waals surface area contributed by atoms with Crippen molar-refractivity contribution < 1.29 is 9.59 Å². The molecule has 30 heavy (non-hydrogen) atoms. The fourth-order valence-electron chi connectivity index (χ4n) is 3.26. The maximum absolute atomic E-state index is 12.7. The van der Waals surface area contributed by atoms with E-state index in [0.717, 1.165) is 16.8 Å². The van der Waals surface area contributed by atoms with Crippen molar-refractivity contribution in [3.05, 3.63) is 64.7 Å². The van der Waals surface area contributed by atoms with Crippen molar-refractivity contribution in [2.24, 2.45) is 0 Å². The minimum absolute atomic E-state index is 0.0390. The maximum atomic E-state index is 12.7. The van der Waals surface area contributed by atoms with Crippen molar-refractivity contribution in [3.8, 4) is 0 Å². The van der Waals surface area contributed by atoms with Crippen molar-refractivity contribution in [2.45, 2.75) is 71.6 Å². The second kappa shape index (κ2) is 9.46. The second-order valence-corrected chi connectivity index (χ2v) is 10.0. The molecule has 4 heteroatoms. The Kier molecular flexibility index (Phi) is 7.46. The summed E-state index contributed by atoms with van der Waals surface area (Å²) in [6.07, 6.45) is 1.59. The summed E-state index contributed by atoms with van der Waals surface area (Å²) >= 11 is 0. The first-order valence-electron chi connectivity index (χ1n) is 10.6. The Morgan fingerprint density at radius 3 is 1.97 bits per heavy atom. The van der Waals surface area contributed by atoms with Gasteiger partial charge in [-0.05, 0) is 51.6 Å². The van der Waals surface area contributed by atoms with Crippen LogP contribution in [-0.4, -0.2) is 18.9 Å². The van der Waals surface area contributed by atoms with Gasteiger partial charge in [-0.25, -0.2) is 4.79 Å². The molecule has 0 aliphatic heterocycles. The van der Waals surface area contributed by atoms with E-state index in [-0.39, 0.29) is 22.6 Å². The molecule has 4 nitrogen and oxygen atoms in total. The number of rotatable bonds is 6. The summed E-state index contributed by atoms with van der Waals surface area (Å²) in [5.74, 6) is 0.227. The first-order chi connectivity index (χ1) is 13.9. The number of urea groups is 1. The van der Waals surface area contributed by atoms with Crippen molar-refractivity contribution in [1.29, 1.82) is 0 Å². The van der Waals surface area contributed by atoms with Gasteiger partial charge in [0.05, 0.1) is 0 Å². The Balaban J connectivity index is 2.09. The third-order valence-electron chi connectivity index (χ3n) is 5.23. The molecule has 0 aliphatic carbocycles. The topological polar surface area (TPSA) is 58.2 Å². The lowest BCUT2D eigenvalue weighted by Gasteiger charge is -2.26. The average molecular weight is 409 g/mol. The number of carbonyl (C=O) groups is 2. The Morgan fingerprint density at radius 1 is 0.833 bits per heavy atom. The van der Waals surface area contributed by atoms with E-state index in [9.17, 15) is 9.59 Å². The number of Topliss-reactive ketones (excluding diaryl/α,β-unsaturated/α-hetero) is 1. The number of carbonyl (C=O) groups excluding carboxylic acids is 2. The highest BCUT2D eigenvalue weighted by Gasteiger charge is 2.21. The molecular formula is C26H36N2O2. The molecule has 0 radical (unpaired) electrons. The molecule has 0 saturated heterocycles. The number of anilines is 1. The molecule has 0 aromatic heterocycles. The minimum Gasteiger partial charge on any atom is -0.341 e. The van der Waals surface area contributed by atoms with Gasteiger partial charge in [0.2, 0.25) is 0 Å². The van der Waals surface area contributed by atoms with Crippen molar-refractivity contribution in [1.82, 2.24) is 5.32 Å². The van der Waals surface area contributed by atoms with E-state index in [1.807, 2.05) is 24.3 Å². The summed E-state index contributed by atoms with van der Waals surface area (Å²) in [7, 11) is 1.58. The standard InChI is InChI=1S/C26H36N2O2/c1-25(2,3)20-13-19(14-21(17-20)26(4,5)6)16-23(29)12-11-18-9-8-10-22(15-18)28-24(30)27-7/h8-10,13-15,17H,11-12,16H2,1-7H3,(H2,27,28,30). The Bertz CT molecular complexity index is 870. The lowest BCUT2D eigenvalue weighted by molar-refractivity contribution is -0.118. The van der Waals surface area contributed by atoms with Gasteiger partial charge in [-0.15, -0.1) is 0 Å². The van der Waals surface area contributed by atoms with Gasteiger partial charge in [0.15, 0.2) is 0 Å². The van der Waals surface area contributed by atoms with Gasteiger partial charge in [0, 0.05) is 25.6 Å². The molecule has 2 aromatic carbocycles. The zero-order valence-electron chi connectivity index (χ0n) is 19.5. The first kappa shape index (κ1) is 23.7. The molecule has 0 fully saturated rings. The van der Waals surface area contributed by atoms with Crippen LogP contribution >= 0.6 is 0 Å². The molecule has 2 amide bonds. The van der Waals surface area contributed by atoms with Crippen LogP contribution in [0.4, 0.5) is 10.5 Å². The van der Waals surface area contributed by atoms with Gasteiger partial charge in [-0.2, -0.15) is 0 Å². The number of hydrogen-bond donors (Lipinski definition) is 2. The van der Waals surface area contributed by atoms with Crippen LogP contribution in [-0.2, 0) is 28.5 Å². The van der Waals surface area contributed by atoms with Crippen LogP contribution in [0.15, 0.2) is 42.5 Å². The predicted molar refractivity (Wildman–Crippen MR) is 125 cm³/mol. The summed E-state index contributed by atoms with van der Waals surface area (Å²) in [6, 6.07) is 14.0. The minimum atomic E-state index is -0.253. The predicted octanol–water partition coefficient (Wildman–Crippen LogP) is 5.78. The van der Waals surface area contributed by atoms with E-state index in [1.165, 1.54) is 11.1 Å². The molecule has 0 bridgehead atoms. The SMILES string of the molecule is CNC(=O)Nc1cccc(CCC(=O)Cc2cc(C(C)(C)C)cc(C(C)(C)C)c2)c1. The summed E-state index contributed by atoms with van der Waals surface area (Å²) < 4.78 is 0. The van der Waals surface area contributed by atoms with Crippen LogP contribution in [0, 0.1) is 0 Å². The largest absolute Gasteiger partial charge is 0.341 e. The molecule has 0 saturated carbocycles. The zero-order chi connectivity index (χ0) is 22.5. The summed E-state index contributed by atoms with van der Waals surface area (Å²) in [5.41, 5.74) is 5.47. The lowest BCUT2D eigenvalue weighted by Crippen LogP contribution is -2.24. The van der Waals surface area contributed by atoms with Crippen LogP contribution in [0.25, 0.3) is 0 Å². The summed E-state index contributed by atoms with van der Waals surface area (Å²) in [4.78, 5) is 24.2. The Labute approximate surface area is 181 Å². The highest BCUT2D eigenvalue weighted by atomic mass is 16.2. The molecule has 0 atom stereocenters. The molecule has 0 heterocycles. The smallest absolute Gasteiger partial charge is 0.318 e. The van der Waals surface area contributed by atoms with Crippen LogP contribution in [0.5, 0.6) is 0 Å². The molecule has 2 rings (SSSR count). The van der Waals surface area contributed by atoms with E-state index in [1.54, 1.807) is 7.05 Å². The third-order valence-corrected chi connectivity index (χ3v) is 5.23. The molecule has 0 unspecified atom stereocenters. The lowest BCUT2D eigenvalue weighted by atomic mass is 9.79. The number of benzene rings is 2. The van der Waals surface area contributed by atoms with Crippen LogP contribution in [0.1, 0.15) is 70.2 Å². The van der Waals surface area contributed by atoms with Gasteiger partial charge >= 0.3 is 6.03 Å². The molecule has 2 aromatic rings. The van der Waals surface area contributed by atoms with E-state index >= 15 is 0 Å². The van der Waals surface area contributed by atoms with Gasteiger partial charge in [0.25, 0.3) is 0 Å². The Morgan fingerprint density at radius 2 is 1.43 bits per heavy atom. The highest BCUT2D eigenvalue weighted by molar-refractivity contribution is 5.89. The molecule has 2 N–H and O–H groups in total. The Hall–Kier alpha value is -2.62. The number of ketones is 1. The van der Waals surface area contributed by atoms with Gasteiger partial charge < -0.3 is 10.6 Å². The fraction of sp³-hybridized carbons (Fsp3) is 0.462. The van der Waals surface area contributed by atoms with E-state index in [4.69, 9.17) is 0 Å². The molecule has 0 spiro atoms. The zero-order valence-corrected chi connectivity index (χ0v) is 19.5. The van der Waals surface area contributed by atoms with E-state index in [2.05, 4.69) is 70.4 Å². The second-order valence-electron chi connectivity index (χ2n) is 10.0. The van der Waals surface area contributed by atoms with Gasteiger partial charge in [-0.3, -0.25) is 4.79 Å². The summed E-state index contributed by atoms with van der Waals surface area (Å²) in [6.45, 7) is 13.3. The van der Waals surface area contributed by atoms with Crippen molar-refractivity contribution in [2.75, 3.05) is 12.4 Å². The fourth-order valence-corrected chi connectivity index (χ4v) is 3.26. The first-order valence-corrected chi connectivity index (χ1v) is 10.6. The van der Waals surface area contributed by atoms with Crippen molar-refractivity contribution >= 4 is 17.5 Å². The monoisotopic (exact) mass is 408 g/mol. The quantitative estimate of drug-likeness (QED) is 0.637. The summed E-state index contributed by atoms with van der Waals surface area (Å²) in [5, 5.41) is 5.30. The average Bonchev–Trinajstić information content (AvgIpc) is 2.65. The molecular weight excluding hydrogens is 372 g/mol. The van der Waals surface area contributed by atoms with Crippen molar-refractivity contribution in [3.63, 3.8) is 0 Å². The van der Waals surface area contributed by atoms with Crippen LogP contribution in [0.2, 0.25) is 0 Å². The number of nitrogens with one attached hydrogen (secondary N) is 2. The number of hydrogen-bond acceptors (Lipinski definition) is 2. The molecule has 162 valence electrons. The number of aryl methyl sites for hydroxylation is 1. The van der Waals surface area contributed by atoms with Crippen LogP contribution in [0.3, 0.4) is 0 Å². The van der Waals surface area contributed by atoms with Crippen LogP contribution < -0.4 is 10.6 Å². The van der Waals surface area contributed by atoms with Gasteiger partial charge in [-0.1, -0.05) is 71.9 Å². The third kappa shape index (κ3) is 7.01. The van der Waals surface area contributed by atoms with Gasteiger partial charge in [0.1, 0.15) is 5.78 Å². The maximum Gasteiger partial charge on any atom is 0.318 e. The highest BCUT2D eigenvalue weighted by Crippen LogP contribution is 2.30. The van der Waals surface area contributed by atoms with E-state index in [0.29, 0.717) is 19.3 Å². The number of amides is 2.